The predicted molar refractivity (Wildman–Crippen MR) is 121 cm³/mol. The van der Waals surface area contributed by atoms with Crippen LogP contribution < -0.4 is 0 Å². The second-order valence-corrected chi connectivity index (χ2v) is 7.98. The number of aromatic nitrogens is 2. The van der Waals surface area contributed by atoms with Crippen LogP contribution >= 0.6 is 0 Å². The van der Waals surface area contributed by atoms with Gasteiger partial charge in [0.2, 0.25) is 0 Å². The van der Waals surface area contributed by atoms with Crippen molar-refractivity contribution in [1.82, 2.24) is 14.5 Å². The number of phenols is 1. The van der Waals surface area contributed by atoms with Gasteiger partial charge in [-0.25, -0.2) is 4.98 Å². The molecule has 1 aliphatic heterocycles. The lowest BCUT2D eigenvalue weighted by Gasteiger charge is -2.32. The van der Waals surface area contributed by atoms with Crippen molar-refractivity contribution in [3.63, 3.8) is 0 Å². The first-order valence-electron chi connectivity index (χ1n) is 10.9. The average molecular weight is 436 g/mol. The van der Waals surface area contributed by atoms with Crippen LogP contribution in [-0.4, -0.2) is 58.9 Å². The number of benzene rings is 2. The van der Waals surface area contributed by atoms with Gasteiger partial charge in [-0.1, -0.05) is 24.3 Å². The van der Waals surface area contributed by atoms with E-state index in [-0.39, 0.29) is 11.7 Å². The summed E-state index contributed by atoms with van der Waals surface area (Å²) in [7, 11) is 1.66. The van der Waals surface area contributed by atoms with Gasteiger partial charge >= 0.3 is 0 Å². The smallest absolute Gasteiger partial charge is 0.253 e. The van der Waals surface area contributed by atoms with Gasteiger partial charge < -0.3 is 24.0 Å². The van der Waals surface area contributed by atoms with Crippen LogP contribution in [-0.2, 0) is 16.2 Å². The molecule has 168 valence electrons. The number of carbonyl (C=O) groups excluding carboxylic acids is 1. The number of aromatic hydroxyl groups is 1. The molecule has 1 aromatic heterocycles. The van der Waals surface area contributed by atoms with Crippen molar-refractivity contribution in [2.45, 2.75) is 25.5 Å². The Balaban J connectivity index is 1.33. The quantitative estimate of drug-likeness (QED) is 0.543. The lowest BCUT2D eigenvalue weighted by Crippen LogP contribution is -2.38. The van der Waals surface area contributed by atoms with Crippen LogP contribution in [0.3, 0.4) is 0 Å². The maximum atomic E-state index is 13.0. The maximum absolute atomic E-state index is 13.0. The number of ether oxygens (including phenoxy) is 2. The minimum Gasteiger partial charge on any atom is -0.508 e. The van der Waals surface area contributed by atoms with Crippen LogP contribution in [0, 0.1) is 0 Å². The summed E-state index contributed by atoms with van der Waals surface area (Å²) < 4.78 is 12.7. The molecule has 32 heavy (non-hydrogen) atoms. The standard InChI is InChI=1S/C25H29N3O4/c1-31-16-17-32-18-28-15-12-26-24(28)21-10-13-27(14-11-21)25(30)22-4-2-19(3-5-22)20-6-8-23(29)9-7-20/h2-9,12,15,21,29H,10-11,13-14,16-18H2,1H3. The molecule has 0 atom stereocenters. The Morgan fingerprint density at radius 3 is 2.34 bits per heavy atom. The van der Waals surface area contributed by atoms with Gasteiger partial charge in [0.25, 0.3) is 5.91 Å². The molecule has 0 radical (unpaired) electrons. The second-order valence-electron chi connectivity index (χ2n) is 7.98. The number of phenolic OH excluding ortho intramolecular Hbond substituents is 1. The minimum absolute atomic E-state index is 0.0620. The van der Waals surface area contributed by atoms with E-state index >= 15 is 0 Å². The number of methoxy groups -OCH3 is 1. The van der Waals surface area contributed by atoms with E-state index in [1.165, 1.54) is 0 Å². The molecule has 0 unspecified atom stereocenters. The minimum atomic E-state index is 0.0620. The summed E-state index contributed by atoms with van der Waals surface area (Å²) in [6.45, 7) is 3.00. The van der Waals surface area contributed by atoms with Crippen molar-refractivity contribution in [2.24, 2.45) is 0 Å². The first-order valence-corrected chi connectivity index (χ1v) is 10.9. The van der Waals surface area contributed by atoms with Gasteiger partial charge in [0.15, 0.2) is 0 Å². The van der Waals surface area contributed by atoms with Crippen LogP contribution in [0.15, 0.2) is 60.9 Å². The summed E-state index contributed by atoms with van der Waals surface area (Å²) in [6.07, 6.45) is 5.51. The highest BCUT2D eigenvalue weighted by Gasteiger charge is 2.27. The average Bonchev–Trinajstić information content (AvgIpc) is 3.31. The Labute approximate surface area is 188 Å². The van der Waals surface area contributed by atoms with Gasteiger partial charge in [0.1, 0.15) is 18.3 Å². The molecule has 2 heterocycles. The largest absolute Gasteiger partial charge is 0.508 e. The van der Waals surface area contributed by atoms with Crippen LogP contribution in [0.25, 0.3) is 11.1 Å². The van der Waals surface area contributed by atoms with Crippen molar-refractivity contribution in [3.05, 3.63) is 72.3 Å². The Bertz CT molecular complexity index is 1010. The Kier molecular flexibility index (Phi) is 7.19. The fourth-order valence-corrected chi connectivity index (χ4v) is 4.08. The second kappa shape index (κ2) is 10.4. The summed E-state index contributed by atoms with van der Waals surface area (Å²) in [5, 5.41) is 9.45. The van der Waals surface area contributed by atoms with Gasteiger partial charge in [0.05, 0.1) is 13.2 Å². The topological polar surface area (TPSA) is 76.8 Å². The van der Waals surface area contributed by atoms with Crippen molar-refractivity contribution in [1.29, 1.82) is 0 Å². The first kappa shape index (κ1) is 22.0. The fourth-order valence-electron chi connectivity index (χ4n) is 4.08. The van der Waals surface area contributed by atoms with Gasteiger partial charge in [-0.3, -0.25) is 4.79 Å². The lowest BCUT2D eigenvalue weighted by molar-refractivity contribution is 0.0318. The van der Waals surface area contributed by atoms with E-state index in [2.05, 4.69) is 4.98 Å². The zero-order chi connectivity index (χ0) is 22.3. The summed E-state index contributed by atoms with van der Waals surface area (Å²) >= 11 is 0. The van der Waals surface area contributed by atoms with Crippen molar-refractivity contribution in [3.8, 4) is 16.9 Å². The van der Waals surface area contributed by atoms with Gasteiger partial charge in [-0.05, 0) is 48.2 Å². The molecule has 1 fully saturated rings. The molecule has 2 aromatic carbocycles. The van der Waals surface area contributed by atoms with Crippen LogP contribution in [0.1, 0.15) is 34.9 Å². The molecule has 4 rings (SSSR count). The third kappa shape index (κ3) is 5.18. The van der Waals surface area contributed by atoms with Crippen molar-refractivity contribution in [2.75, 3.05) is 33.4 Å². The number of amides is 1. The number of imidazole rings is 1. The molecule has 7 heteroatoms. The molecule has 3 aromatic rings. The number of carbonyl (C=O) groups is 1. The molecule has 0 spiro atoms. The Hall–Kier alpha value is -3.16. The molecule has 1 aliphatic rings. The summed E-state index contributed by atoms with van der Waals surface area (Å²) in [5.41, 5.74) is 2.71. The number of hydrogen-bond acceptors (Lipinski definition) is 5. The summed E-state index contributed by atoms with van der Waals surface area (Å²) in [4.78, 5) is 19.5. The van der Waals surface area contributed by atoms with Crippen LogP contribution in [0.4, 0.5) is 0 Å². The number of nitrogens with zero attached hydrogens (tertiary/aromatic N) is 3. The number of hydrogen-bond donors (Lipinski definition) is 1. The maximum Gasteiger partial charge on any atom is 0.253 e. The predicted octanol–water partition coefficient (Wildman–Crippen LogP) is 3.90. The van der Waals surface area contributed by atoms with E-state index in [4.69, 9.17) is 9.47 Å². The first-order chi connectivity index (χ1) is 15.7. The van der Waals surface area contributed by atoms with Crippen molar-refractivity contribution >= 4 is 5.91 Å². The van der Waals surface area contributed by atoms with E-state index in [1.54, 1.807) is 19.2 Å². The Morgan fingerprint density at radius 2 is 1.69 bits per heavy atom. The molecular formula is C25H29N3O4. The molecule has 1 N–H and O–H groups in total. The van der Waals surface area contributed by atoms with Gasteiger partial charge in [0, 0.05) is 44.1 Å². The molecule has 0 bridgehead atoms. The third-order valence-electron chi connectivity index (χ3n) is 5.89. The molecule has 1 amide bonds. The highest BCUT2D eigenvalue weighted by atomic mass is 16.5. The zero-order valence-electron chi connectivity index (χ0n) is 18.3. The van der Waals surface area contributed by atoms with E-state index in [0.717, 1.165) is 29.8 Å². The van der Waals surface area contributed by atoms with Crippen LogP contribution in [0.5, 0.6) is 5.75 Å². The number of likely N-dealkylation sites (tertiary alicyclic amines) is 1. The molecule has 7 nitrogen and oxygen atoms in total. The SMILES string of the molecule is COCCOCn1ccnc1C1CCN(C(=O)c2ccc(-c3ccc(O)cc3)cc2)CC1. The number of rotatable bonds is 8. The molecular weight excluding hydrogens is 406 g/mol. The van der Waals surface area contributed by atoms with Crippen molar-refractivity contribution < 1.29 is 19.4 Å². The van der Waals surface area contributed by atoms with E-state index in [0.29, 0.717) is 44.5 Å². The summed E-state index contributed by atoms with van der Waals surface area (Å²) in [6, 6.07) is 14.7. The molecule has 1 saturated heterocycles. The molecule has 0 aliphatic carbocycles. The van der Waals surface area contributed by atoms with E-state index < -0.39 is 0 Å². The Morgan fingerprint density at radius 1 is 1.03 bits per heavy atom. The highest BCUT2D eigenvalue weighted by molar-refractivity contribution is 5.94. The third-order valence-corrected chi connectivity index (χ3v) is 5.89. The highest BCUT2D eigenvalue weighted by Crippen LogP contribution is 2.28. The normalized spacial score (nSPS) is 14.6. The molecule has 0 saturated carbocycles. The van der Waals surface area contributed by atoms with E-state index in [1.807, 2.05) is 58.3 Å². The van der Waals surface area contributed by atoms with Gasteiger partial charge in [-0.2, -0.15) is 0 Å². The summed E-state index contributed by atoms with van der Waals surface area (Å²) in [5.74, 6) is 1.64. The monoisotopic (exact) mass is 435 g/mol. The fraction of sp³-hybridized carbons (Fsp3) is 0.360. The van der Waals surface area contributed by atoms with E-state index in [9.17, 15) is 9.90 Å². The van der Waals surface area contributed by atoms with Gasteiger partial charge in [-0.15, -0.1) is 0 Å². The lowest BCUT2D eigenvalue weighted by atomic mass is 9.95. The van der Waals surface area contributed by atoms with Crippen LogP contribution in [0.2, 0.25) is 0 Å². The zero-order valence-corrected chi connectivity index (χ0v) is 18.3. The number of piperidine rings is 1.